The second kappa shape index (κ2) is 3.38. The Hall–Kier alpha value is -1.03. The molecule has 2 N–H and O–H groups in total. The van der Waals surface area contributed by atoms with Gasteiger partial charge >= 0.3 is 0 Å². The SMILES string of the molecule is ONC(Cl)c1cc2ccccc2o1. The average Bonchev–Trinajstić information content (AvgIpc) is 2.59. The fraction of sp³-hybridized carbons (Fsp3) is 0.111. The fourth-order valence-corrected chi connectivity index (χ4v) is 1.30. The molecular weight excluding hydrogens is 190 g/mol. The van der Waals surface area contributed by atoms with Gasteiger partial charge in [0.25, 0.3) is 0 Å². The van der Waals surface area contributed by atoms with Crippen LogP contribution in [0.15, 0.2) is 34.7 Å². The van der Waals surface area contributed by atoms with E-state index in [-0.39, 0.29) is 0 Å². The van der Waals surface area contributed by atoms with Crippen molar-refractivity contribution in [3.05, 3.63) is 36.1 Å². The van der Waals surface area contributed by atoms with Gasteiger partial charge in [0.1, 0.15) is 11.3 Å². The number of furan rings is 1. The lowest BCUT2D eigenvalue weighted by atomic mass is 10.2. The van der Waals surface area contributed by atoms with E-state index in [1.165, 1.54) is 0 Å². The van der Waals surface area contributed by atoms with Crippen molar-refractivity contribution in [2.75, 3.05) is 0 Å². The van der Waals surface area contributed by atoms with E-state index >= 15 is 0 Å². The Morgan fingerprint density at radius 1 is 1.38 bits per heavy atom. The average molecular weight is 198 g/mol. The van der Waals surface area contributed by atoms with Gasteiger partial charge in [-0.1, -0.05) is 29.8 Å². The molecular formula is C9H8ClNO2. The van der Waals surface area contributed by atoms with E-state index in [1.54, 1.807) is 6.07 Å². The molecule has 0 aliphatic heterocycles. The van der Waals surface area contributed by atoms with Gasteiger partial charge in [-0.25, -0.2) is 0 Å². The molecule has 0 fully saturated rings. The first-order valence-corrected chi connectivity index (χ1v) is 4.27. The third-order valence-corrected chi connectivity index (χ3v) is 2.12. The summed E-state index contributed by atoms with van der Waals surface area (Å²) >= 11 is 5.71. The minimum atomic E-state index is -0.701. The van der Waals surface area contributed by atoms with Crippen LogP contribution in [0.5, 0.6) is 0 Å². The van der Waals surface area contributed by atoms with Gasteiger partial charge < -0.3 is 9.62 Å². The number of hydrogen-bond acceptors (Lipinski definition) is 3. The summed E-state index contributed by atoms with van der Waals surface area (Å²) in [6, 6.07) is 9.35. The Bertz CT molecular complexity index is 380. The first-order valence-electron chi connectivity index (χ1n) is 3.83. The first kappa shape index (κ1) is 8.56. The summed E-state index contributed by atoms with van der Waals surface area (Å²) in [5.41, 5.74) is 1.97. The molecule has 4 heteroatoms. The maximum Gasteiger partial charge on any atom is 0.163 e. The van der Waals surface area contributed by atoms with Gasteiger partial charge in [-0.05, 0) is 12.1 Å². The maximum absolute atomic E-state index is 8.57. The topological polar surface area (TPSA) is 45.4 Å². The highest BCUT2D eigenvalue weighted by Gasteiger charge is 2.11. The molecule has 13 heavy (non-hydrogen) atoms. The van der Waals surface area contributed by atoms with Crippen LogP contribution in [0.2, 0.25) is 0 Å². The molecule has 0 spiro atoms. The van der Waals surface area contributed by atoms with Crippen molar-refractivity contribution in [1.82, 2.24) is 5.48 Å². The lowest BCUT2D eigenvalue weighted by Gasteiger charge is -2.00. The van der Waals surface area contributed by atoms with Crippen LogP contribution in [0.4, 0.5) is 0 Å². The highest BCUT2D eigenvalue weighted by atomic mass is 35.5. The van der Waals surface area contributed by atoms with Gasteiger partial charge in [0.05, 0.1) is 0 Å². The second-order valence-corrected chi connectivity index (χ2v) is 3.11. The van der Waals surface area contributed by atoms with Crippen LogP contribution < -0.4 is 5.48 Å². The number of para-hydroxylation sites is 1. The van der Waals surface area contributed by atoms with E-state index in [4.69, 9.17) is 21.2 Å². The van der Waals surface area contributed by atoms with Crippen molar-refractivity contribution in [3.8, 4) is 0 Å². The largest absolute Gasteiger partial charge is 0.458 e. The molecule has 0 radical (unpaired) electrons. The molecule has 68 valence electrons. The summed E-state index contributed by atoms with van der Waals surface area (Å²) in [6.45, 7) is 0. The molecule has 1 atom stereocenters. The van der Waals surface area contributed by atoms with Gasteiger partial charge in [0.15, 0.2) is 5.50 Å². The van der Waals surface area contributed by atoms with Crippen LogP contribution in [0.1, 0.15) is 11.3 Å². The van der Waals surface area contributed by atoms with Crippen LogP contribution in [0, 0.1) is 0 Å². The van der Waals surface area contributed by atoms with Crippen molar-refractivity contribution < 1.29 is 9.62 Å². The molecule has 1 unspecified atom stereocenters. The van der Waals surface area contributed by atoms with Crippen LogP contribution >= 0.6 is 11.6 Å². The summed E-state index contributed by atoms with van der Waals surface area (Å²) < 4.78 is 5.37. The number of hydroxylamine groups is 1. The third kappa shape index (κ3) is 1.54. The lowest BCUT2D eigenvalue weighted by Crippen LogP contribution is -2.09. The van der Waals surface area contributed by atoms with E-state index in [2.05, 4.69) is 0 Å². The summed E-state index contributed by atoms with van der Waals surface area (Å²) in [5, 5.41) is 9.54. The summed E-state index contributed by atoms with van der Waals surface area (Å²) in [7, 11) is 0. The molecule has 1 heterocycles. The zero-order valence-corrected chi connectivity index (χ0v) is 7.45. The molecule has 2 aromatic rings. The molecule has 0 saturated carbocycles. The molecule has 0 aliphatic rings. The van der Waals surface area contributed by atoms with Gasteiger partial charge in [0.2, 0.25) is 0 Å². The van der Waals surface area contributed by atoms with Gasteiger partial charge in [0, 0.05) is 5.39 Å². The predicted molar refractivity (Wildman–Crippen MR) is 49.7 cm³/mol. The molecule has 1 aromatic heterocycles. The van der Waals surface area contributed by atoms with Crippen molar-refractivity contribution in [3.63, 3.8) is 0 Å². The first-order chi connectivity index (χ1) is 6.31. The van der Waals surface area contributed by atoms with Gasteiger partial charge in [-0.15, -0.1) is 0 Å². The lowest BCUT2D eigenvalue weighted by molar-refractivity contribution is 0.147. The Balaban J connectivity index is 2.49. The van der Waals surface area contributed by atoms with Gasteiger partial charge in [-0.3, -0.25) is 0 Å². The minimum absolute atomic E-state index is 0.505. The molecule has 0 saturated heterocycles. The minimum Gasteiger partial charge on any atom is -0.458 e. The number of nitrogens with one attached hydrogen (secondary N) is 1. The smallest absolute Gasteiger partial charge is 0.163 e. The molecule has 0 aliphatic carbocycles. The standard InChI is InChI=1S/C9H8ClNO2/c10-9(11-12)8-5-6-3-1-2-4-7(6)13-8/h1-5,9,11-12H. The van der Waals surface area contributed by atoms with Crippen molar-refractivity contribution in [2.45, 2.75) is 5.50 Å². The van der Waals surface area contributed by atoms with Crippen molar-refractivity contribution in [2.24, 2.45) is 0 Å². The Morgan fingerprint density at radius 3 is 2.85 bits per heavy atom. The third-order valence-electron chi connectivity index (χ3n) is 1.81. The summed E-state index contributed by atoms with van der Waals surface area (Å²) in [6.07, 6.45) is 0. The Labute approximate surface area is 79.9 Å². The zero-order valence-electron chi connectivity index (χ0n) is 6.70. The van der Waals surface area contributed by atoms with E-state index in [0.717, 1.165) is 11.0 Å². The number of hydrogen-bond donors (Lipinski definition) is 2. The molecule has 1 aromatic carbocycles. The molecule has 0 bridgehead atoms. The number of alkyl halides is 1. The van der Waals surface area contributed by atoms with Gasteiger partial charge in [-0.2, -0.15) is 5.48 Å². The van der Waals surface area contributed by atoms with E-state index < -0.39 is 5.50 Å². The Kier molecular flexibility index (Phi) is 2.22. The van der Waals surface area contributed by atoms with E-state index in [1.807, 2.05) is 29.7 Å². The van der Waals surface area contributed by atoms with Crippen LogP contribution in [0.3, 0.4) is 0 Å². The van der Waals surface area contributed by atoms with E-state index in [0.29, 0.717) is 5.76 Å². The second-order valence-electron chi connectivity index (χ2n) is 2.68. The maximum atomic E-state index is 8.57. The summed E-state index contributed by atoms with van der Waals surface area (Å²) in [5.74, 6) is 0.505. The van der Waals surface area contributed by atoms with Crippen LogP contribution in [-0.2, 0) is 0 Å². The van der Waals surface area contributed by atoms with Crippen LogP contribution in [0.25, 0.3) is 11.0 Å². The Morgan fingerprint density at radius 2 is 2.15 bits per heavy atom. The van der Waals surface area contributed by atoms with Crippen molar-refractivity contribution in [1.29, 1.82) is 0 Å². The predicted octanol–water partition coefficient (Wildman–Crippen LogP) is 2.65. The zero-order chi connectivity index (χ0) is 9.26. The van der Waals surface area contributed by atoms with E-state index in [9.17, 15) is 0 Å². The number of halogens is 1. The molecule has 0 amide bonds. The summed E-state index contributed by atoms with van der Waals surface area (Å²) in [4.78, 5) is 0. The quantitative estimate of drug-likeness (QED) is 0.442. The highest BCUT2D eigenvalue weighted by Crippen LogP contribution is 2.25. The van der Waals surface area contributed by atoms with Crippen molar-refractivity contribution >= 4 is 22.6 Å². The molecule has 3 nitrogen and oxygen atoms in total. The number of rotatable bonds is 2. The number of benzene rings is 1. The fourth-order valence-electron chi connectivity index (χ4n) is 1.19. The van der Waals surface area contributed by atoms with Crippen LogP contribution in [-0.4, -0.2) is 5.21 Å². The number of fused-ring (bicyclic) bond motifs is 1. The molecule has 2 rings (SSSR count). The monoisotopic (exact) mass is 197 g/mol. The highest BCUT2D eigenvalue weighted by molar-refractivity contribution is 6.20. The normalized spacial score (nSPS) is 13.4.